The maximum atomic E-state index is 12.4. The Morgan fingerprint density at radius 1 is 1.41 bits per heavy atom. The Morgan fingerprint density at radius 2 is 2.18 bits per heavy atom. The van der Waals surface area contributed by atoms with Crippen molar-refractivity contribution in [2.24, 2.45) is 11.7 Å². The maximum Gasteiger partial charge on any atom is 0.251 e. The number of aromatic nitrogens is 1. The number of amides is 1. The molecular weight excluding hydrogens is 294 g/mol. The van der Waals surface area contributed by atoms with Crippen molar-refractivity contribution in [1.82, 2.24) is 10.3 Å². The molecule has 4 nitrogen and oxygen atoms in total. The largest absolute Gasteiger partial charge is 0.348 e. The van der Waals surface area contributed by atoms with Gasteiger partial charge >= 0.3 is 0 Å². The van der Waals surface area contributed by atoms with Crippen LogP contribution in [0, 0.1) is 12.8 Å². The predicted octanol–water partition coefficient (Wildman–Crippen LogP) is 3.22. The molecule has 5 heteroatoms. The molecule has 0 saturated heterocycles. The van der Waals surface area contributed by atoms with E-state index in [1.165, 1.54) is 0 Å². The summed E-state index contributed by atoms with van der Waals surface area (Å²) in [6.45, 7) is 6.67. The molecule has 0 aliphatic carbocycles. The molecule has 1 amide bonds. The van der Waals surface area contributed by atoms with E-state index in [9.17, 15) is 4.79 Å². The number of nitrogens with two attached hydrogens (primary N) is 1. The van der Waals surface area contributed by atoms with E-state index in [0.29, 0.717) is 18.0 Å². The van der Waals surface area contributed by atoms with Gasteiger partial charge in [-0.3, -0.25) is 4.79 Å². The first kappa shape index (κ1) is 16.6. The Labute approximate surface area is 135 Å². The van der Waals surface area contributed by atoms with E-state index in [1.807, 2.05) is 36.6 Å². The zero-order chi connectivity index (χ0) is 16.1. The highest BCUT2D eigenvalue weighted by Crippen LogP contribution is 2.24. The maximum absolute atomic E-state index is 12.4. The minimum absolute atomic E-state index is 0.0123. The molecule has 118 valence electrons. The van der Waals surface area contributed by atoms with Crippen molar-refractivity contribution in [3.63, 3.8) is 0 Å². The Balaban J connectivity index is 2.13. The fraction of sp³-hybridized carbons (Fsp3) is 0.412. The quantitative estimate of drug-likeness (QED) is 0.859. The number of carbonyl (C=O) groups is 1. The van der Waals surface area contributed by atoms with Crippen LogP contribution in [-0.2, 0) is 0 Å². The lowest BCUT2D eigenvalue weighted by atomic mass is 10.0. The summed E-state index contributed by atoms with van der Waals surface area (Å²) in [5.74, 6) is 0.421. The zero-order valence-electron chi connectivity index (χ0n) is 13.3. The molecule has 1 aromatic heterocycles. The Hall–Kier alpha value is -1.72. The number of benzene rings is 1. The van der Waals surface area contributed by atoms with Gasteiger partial charge in [-0.05, 0) is 31.4 Å². The molecule has 1 unspecified atom stereocenters. The third-order valence-electron chi connectivity index (χ3n) is 3.37. The molecule has 0 bridgehead atoms. The number of rotatable bonds is 6. The van der Waals surface area contributed by atoms with Gasteiger partial charge in [0.25, 0.3) is 5.91 Å². The third kappa shape index (κ3) is 4.39. The summed E-state index contributed by atoms with van der Waals surface area (Å²) in [6, 6.07) is 7.58. The van der Waals surface area contributed by atoms with E-state index in [-0.39, 0.29) is 11.9 Å². The number of nitrogens with one attached hydrogen (secondary N) is 1. The fourth-order valence-electron chi connectivity index (χ4n) is 2.33. The Morgan fingerprint density at radius 3 is 2.77 bits per heavy atom. The molecule has 2 rings (SSSR count). The van der Waals surface area contributed by atoms with Crippen LogP contribution < -0.4 is 11.1 Å². The van der Waals surface area contributed by atoms with Crippen molar-refractivity contribution < 1.29 is 4.79 Å². The first-order valence-electron chi connectivity index (χ1n) is 7.53. The van der Waals surface area contributed by atoms with Crippen LogP contribution in [0.1, 0.15) is 36.3 Å². The zero-order valence-corrected chi connectivity index (χ0v) is 14.1. The van der Waals surface area contributed by atoms with Crippen molar-refractivity contribution >= 4 is 17.2 Å². The van der Waals surface area contributed by atoms with Gasteiger partial charge in [0.2, 0.25) is 0 Å². The van der Waals surface area contributed by atoms with Crippen LogP contribution in [0.3, 0.4) is 0 Å². The van der Waals surface area contributed by atoms with Gasteiger partial charge in [0.15, 0.2) is 0 Å². The van der Waals surface area contributed by atoms with Crippen LogP contribution in [0.2, 0.25) is 0 Å². The van der Waals surface area contributed by atoms with Gasteiger partial charge in [0.1, 0.15) is 5.01 Å². The average molecular weight is 317 g/mol. The lowest BCUT2D eigenvalue weighted by Crippen LogP contribution is -2.41. The molecule has 3 N–H and O–H groups in total. The molecule has 0 radical (unpaired) electrons. The number of aryl methyl sites for hydroxylation is 1. The number of hydrogen-bond donors (Lipinski definition) is 2. The van der Waals surface area contributed by atoms with Crippen LogP contribution in [0.25, 0.3) is 10.6 Å². The molecule has 1 atom stereocenters. The van der Waals surface area contributed by atoms with Crippen LogP contribution in [0.4, 0.5) is 0 Å². The molecule has 1 heterocycles. The number of hydrogen-bond acceptors (Lipinski definition) is 4. The summed E-state index contributed by atoms with van der Waals surface area (Å²) in [5, 5.41) is 5.96. The van der Waals surface area contributed by atoms with E-state index < -0.39 is 0 Å². The summed E-state index contributed by atoms with van der Waals surface area (Å²) < 4.78 is 0. The monoisotopic (exact) mass is 317 g/mol. The molecule has 0 fully saturated rings. The molecule has 0 spiro atoms. The highest BCUT2D eigenvalue weighted by atomic mass is 32.1. The van der Waals surface area contributed by atoms with Gasteiger partial charge in [-0.1, -0.05) is 26.0 Å². The minimum Gasteiger partial charge on any atom is -0.348 e. The van der Waals surface area contributed by atoms with E-state index in [0.717, 1.165) is 22.7 Å². The van der Waals surface area contributed by atoms with Crippen molar-refractivity contribution in [1.29, 1.82) is 0 Å². The average Bonchev–Trinajstić information content (AvgIpc) is 2.92. The molecule has 0 aliphatic heterocycles. The fourth-order valence-corrected chi connectivity index (χ4v) is 3.13. The number of carbonyl (C=O) groups excluding carboxylic acids is 1. The molecule has 2 aromatic rings. The van der Waals surface area contributed by atoms with Crippen molar-refractivity contribution in [2.75, 3.05) is 6.54 Å². The second-order valence-electron chi connectivity index (χ2n) is 5.91. The van der Waals surface area contributed by atoms with E-state index in [2.05, 4.69) is 24.1 Å². The van der Waals surface area contributed by atoms with Gasteiger partial charge in [-0.2, -0.15) is 0 Å². The lowest BCUT2D eigenvalue weighted by Gasteiger charge is -2.19. The summed E-state index contributed by atoms with van der Waals surface area (Å²) >= 11 is 1.59. The Bertz CT molecular complexity index is 636. The second-order valence-corrected chi connectivity index (χ2v) is 6.77. The van der Waals surface area contributed by atoms with Crippen LogP contribution in [0.15, 0.2) is 29.6 Å². The predicted molar refractivity (Wildman–Crippen MR) is 92.1 cm³/mol. The SMILES string of the molecule is Cc1csc(-c2cccc(C(=O)NC(CN)CC(C)C)c2)n1. The first-order valence-corrected chi connectivity index (χ1v) is 8.41. The smallest absolute Gasteiger partial charge is 0.251 e. The highest BCUT2D eigenvalue weighted by Gasteiger charge is 2.14. The van der Waals surface area contributed by atoms with Crippen LogP contribution in [0.5, 0.6) is 0 Å². The van der Waals surface area contributed by atoms with Gasteiger partial charge in [-0.15, -0.1) is 11.3 Å². The van der Waals surface area contributed by atoms with E-state index in [4.69, 9.17) is 5.73 Å². The third-order valence-corrected chi connectivity index (χ3v) is 4.38. The highest BCUT2D eigenvalue weighted by molar-refractivity contribution is 7.13. The lowest BCUT2D eigenvalue weighted by molar-refractivity contribution is 0.0934. The van der Waals surface area contributed by atoms with Crippen molar-refractivity contribution in [3.05, 3.63) is 40.9 Å². The van der Waals surface area contributed by atoms with Gasteiger partial charge < -0.3 is 11.1 Å². The van der Waals surface area contributed by atoms with E-state index in [1.54, 1.807) is 11.3 Å². The van der Waals surface area contributed by atoms with Gasteiger partial charge in [-0.25, -0.2) is 4.98 Å². The van der Waals surface area contributed by atoms with E-state index >= 15 is 0 Å². The molecular formula is C17H23N3OS. The normalized spacial score (nSPS) is 12.4. The summed E-state index contributed by atoms with van der Waals surface area (Å²) in [6.07, 6.45) is 0.883. The van der Waals surface area contributed by atoms with Crippen molar-refractivity contribution in [2.45, 2.75) is 33.2 Å². The first-order chi connectivity index (χ1) is 10.5. The molecule has 1 aromatic carbocycles. The van der Waals surface area contributed by atoms with Crippen LogP contribution >= 0.6 is 11.3 Å². The molecule has 22 heavy (non-hydrogen) atoms. The molecule has 0 saturated carbocycles. The number of nitrogens with zero attached hydrogens (tertiary/aromatic N) is 1. The standard InChI is InChI=1S/C17H23N3OS/c1-11(2)7-15(9-18)20-16(21)13-5-4-6-14(8-13)17-19-12(3)10-22-17/h4-6,8,10-11,15H,7,9,18H2,1-3H3,(H,20,21). The van der Waals surface area contributed by atoms with Gasteiger partial charge in [0, 0.05) is 34.8 Å². The van der Waals surface area contributed by atoms with Gasteiger partial charge in [0.05, 0.1) is 0 Å². The minimum atomic E-state index is -0.0776. The van der Waals surface area contributed by atoms with Crippen LogP contribution in [-0.4, -0.2) is 23.5 Å². The summed E-state index contributed by atoms with van der Waals surface area (Å²) in [7, 11) is 0. The molecule has 0 aliphatic rings. The second kappa shape index (κ2) is 7.51. The topological polar surface area (TPSA) is 68.0 Å². The number of thiazole rings is 1. The summed E-state index contributed by atoms with van der Waals surface area (Å²) in [5.41, 5.74) is 8.36. The van der Waals surface area contributed by atoms with Crippen molar-refractivity contribution in [3.8, 4) is 10.6 Å². The Kier molecular flexibility index (Phi) is 5.69. The summed E-state index contributed by atoms with van der Waals surface area (Å²) in [4.78, 5) is 16.9.